The van der Waals surface area contributed by atoms with E-state index < -0.39 is 9.84 Å². The standard InChI is InChI=1S/C12H22N2O3S/c1-3-8-14(12(15)5-4-7-13-2)11-6-9-18(16,17)10-11/h3,11,13H,1,4-10H2,2H3. The van der Waals surface area contributed by atoms with Crippen LogP contribution in [-0.2, 0) is 14.6 Å². The van der Waals surface area contributed by atoms with Crippen molar-refractivity contribution in [2.45, 2.75) is 25.3 Å². The number of hydrogen-bond acceptors (Lipinski definition) is 4. The average Bonchev–Trinajstić information content (AvgIpc) is 2.66. The van der Waals surface area contributed by atoms with Crippen molar-refractivity contribution in [1.82, 2.24) is 10.2 Å². The van der Waals surface area contributed by atoms with Gasteiger partial charge in [0.05, 0.1) is 11.5 Å². The molecule has 1 fully saturated rings. The third kappa shape index (κ3) is 4.42. The number of nitrogens with zero attached hydrogens (tertiary/aromatic N) is 1. The first kappa shape index (κ1) is 15.2. The van der Waals surface area contributed by atoms with Crippen LogP contribution in [0.25, 0.3) is 0 Å². The van der Waals surface area contributed by atoms with Crippen LogP contribution in [0.15, 0.2) is 12.7 Å². The third-order valence-corrected chi connectivity index (χ3v) is 4.86. The van der Waals surface area contributed by atoms with Crippen LogP contribution in [0, 0.1) is 0 Å². The summed E-state index contributed by atoms with van der Waals surface area (Å²) in [6, 6.07) is -0.171. The van der Waals surface area contributed by atoms with E-state index in [0.29, 0.717) is 19.4 Å². The smallest absolute Gasteiger partial charge is 0.223 e. The Hall–Kier alpha value is -0.880. The summed E-state index contributed by atoms with van der Waals surface area (Å²) < 4.78 is 22.9. The van der Waals surface area contributed by atoms with Crippen LogP contribution in [0.1, 0.15) is 19.3 Å². The van der Waals surface area contributed by atoms with Gasteiger partial charge in [-0.25, -0.2) is 8.42 Å². The topological polar surface area (TPSA) is 66.5 Å². The lowest BCUT2D eigenvalue weighted by atomic mass is 10.2. The highest BCUT2D eigenvalue weighted by atomic mass is 32.2. The molecular formula is C12H22N2O3S. The molecule has 1 aliphatic rings. The van der Waals surface area contributed by atoms with Crippen LogP contribution in [0.5, 0.6) is 0 Å². The largest absolute Gasteiger partial charge is 0.335 e. The van der Waals surface area contributed by atoms with Gasteiger partial charge in [0, 0.05) is 19.0 Å². The second-order valence-electron chi connectivity index (χ2n) is 4.60. The van der Waals surface area contributed by atoms with Crippen molar-refractivity contribution < 1.29 is 13.2 Å². The average molecular weight is 274 g/mol. The Labute approximate surface area is 109 Å². The summed E-state index contributed by atoms with van der Waals surface area (Å²) in [4.78, 5) is 13.7. The Balaban J connectivity index is 2.59. The molecule has 0 aromatic heterocycles. The number of sulfone groups is 1. The van der Waals surface area contributed by atoms with Gasteiger partial charge in [-0.1, -0.05) is 6.08 Å². The van der Waals surface area contributed by atoms with E-state index in [4.69, 9.17) is 0 Å². The zero-order valence-corrected chi connectivity index (χ0v) is 11.7. The maximum atomic E-state index is 12.1. The Morgan fingerprint density at radius 3 is 2.78 bits per heavy atom. The van der Waals surface area contributed by atoms with Gasteiger partial charge in [-0.05, 0) is 26.4 Å². The number of rotatable bonds is 7. The fourth-order valence-electron chi connectivity index (χ4n) is 2.17. The zero-order valence-electron chi connectivity index (χ0n) is 10.9. The van der Waals surface area contributed by atoms with Gasteiger partial charge in [0.2, 0.25) is 5.91 Å². The molecular weight excluding hydrogens is 252 g/mol. The van der Waals surface area contributed by atoms with E-state index in [1.165, 1.54) is 0 Å². The van der Waals surface area contributed by atoms with Gasteiger partial charge >= 0.3 is 0 Å². The first-order chi connectivity index (χ1) is 8.50. The van der Waals surface area contributed by atoms with Crippen molar-refractivity contribution in [1.29, 1.82) is 0 Å². The molecule has 1 N–H and O–H groups in total. The molecule has 1 aliphatic heterocycles. The normalized spacial score (nSPS) is 21.7. The first-order valence-corrected chi connectivity index (χ1v) is 8.07. The minimum atomic E-state index is -2.96. The highest BCUT2D eigenvalue weighted by Crippen LogP contribution is 2.18. The number of carbonyl (C=O) groups excluding carboxylic acids is 1. The van der Waals surface area contributed by atoms with Gasteiger partial charge in [-0.15, -0.1) is 6.58 Å². The van der Waals surface area contributed by atoms with Crippen molar-refractivity contribution >= 4 is 15.7 Å². The fraction of sp³-hybridized carbons (Fsp3) is 0.750. The van der Waals surface area contributed by atoms with Crippen LogP contribution in [0.4, 0.5) is 0 Å². The minimum absolute atomic E-state index is 0.0206. The molecule has 18 heavy (non-hydrogen) atoms. The summed E-state index contributed by atoms with van der Waals surface area (Å²) >= 11 is 0. The molecule has 0 spiro atoms. The summed E-state index contributed by atoms with van der Waals surface area (Å²) in [5.74, 6) is 0.306. The lowest BCUT2D eigenvalue weighted by Gasteiger charge is -2.27. The van der Waals surface area contributed by atoms with Crippen molar-refractivity contribution in [3.8, 4) is 0 Å². The van der Waals surface area contributed by atoms with Crippen LogP contribution in [-0.4, -0.2) is 56.9 Å². The number of nitrogens with one attached hydrogen (secondary N) is 1. The molecule has 0 aliphatic carbocycles. The molecule has 1 amide bonds. The monoisotopic (exact) mass is 274 g/mol. The van der Waals surface area contributed by atoms with Crippen molar-refractivity contribution in [3.05, 3.63) is 12.7 Å². The molecule has 0 bridgehead atoms. The molecule has 1 heterocycles. The third-order valence-electron chi connectivity index (χ3n) is 3.11. The quantitative estimate of drug-likeness (QED) is 0.531. The second-order valence-corrected chi connectivity index (χ2v) is 6.83. The van der Waals surface area contributed by atoms with Gasteiger partial charge in [0.15, 0.2) is 9.84 Å². The van der Waals surface area contributed by atoms with E-state index >= 15 is 0 Å². The summed E-state index contributed by atoms with van der Waals surface area (Å²) in [5, 5.41) is 2.99. The van der Waals surface area contributed by atoms with E-state index in [0.717, 1.165) is 13.0 Å². The van der Waals surface area contributed by atoms with E-state index in [2.05, 4.69) is 11.9 Å². The molecule has 6 heteroatoms. The fourth-order valence-corrected chi connectivity index (χ4v) is 3.91. The highest BCUT2D eigenvalue weighted by molar-refractivity contribution is 7.91. The molecule has 1 rings (SSSR count). The molecule has 0 aromatic rings. The van der Waals surface area contributed by atoms with Gasteiger partial charge in [-0.3, -0.25) is 4.79 Å². The number of carbonyl (C=O) groups is 1. The zero-order chi connectivity index (χ0) is 13.6. The summed E-state index contributed by atoms with van der Waals surface area (Å²) in [6.07, 6.45) is 3.42. The number of amides is 1. The van der Waals surface area contributed by atoms with Crippen LogP contribution in [0.2, 0.25) is 0 Å². The van der Waals surface area contributed by atoms with Crippen molar-refractivity contribution in [2.75, 3.05) is 31.6 Å². The SMILES string of the molecule is C=CCN(C(=O)CCCNC)C1CCS(=O)(=O)C1. The maximum absolute atomic E-state index is 12.1. The Bertz CT molecular complexity index is 392. The van der Waals surface area contributed by atoms with Gasteiger partial charge in [-0.2, -0.15) is 0 Å². The van der Waals surface area contributed by atoms with Gasteiger partial charge in [0.25, 0.3) is 0 Å². The van der Waals surface area contributed by atoms with Crippen molar-refractivity contribution in [3.63, 3.8) is 0 Å². The van der Waals surface area contributed by atoms with Crippen LogP contribution < -0.4 is 5.32 Å². The molecule has 1 unspecified atom stereocenters. The Kier molecular flexibility index (Phi) is 5.81. The van der Waals surface area contributed by atoms with E-state index in [1.54, 1.807) is 11.0 Å². The van der Waals surface area contributed by atoms with Crippen molar-refractivity contribution in [2.24, 2.45) is 0 Å². The molecule has 5 nitrogen and oxygen atoms in total. The molecule has 1 saturated heterocycles. The van der Waals surface area contributed by atoms with Gasteiger partial charge < -0.3 is 10.2 Å². The van der Waals surface area contributed by atoms with E-state index in [-0.39, 0.29) is 23.5 Å². The van der Waals surface area contributed by atoms with E-state index in [9.17, 15) is 13.2 Å². The predicted octanol–water partition coefficient (Wildman–Crippen LogP) is 0.188. The first-order valence-electron chi connectivity index (χ1n) is 6.25. The summed E-state index contributed by atoms with van der Waals surface area (Å²) in [6.45, 7) is 4.85. The summed E-state index contributed by atoms with van der Waals surface area (Å²) in [7, 11) is -1.12. The lowest BCUT2D eigenvalue weighted by Crippen LogP contribution is -2.41. The maximum Gasteiger partial charge on any atom is 0.223 e. The Morgan fingerprint density at radius 2 is 2.28 bits per heavy atom. The predicted molar refractivity (Wildman–Crippen MR) is 72.1 cm³/mol. The second kappa shape index (κ2) is 6.89. The molecule has 0 aromatic carbocycles. The molecule has 104 valence electrons. The van der Waals surface area contributed by atoms with Crippen LogP contribution >= 0.6 is 0 Å². The van der Waals surface area contributed by atoms with Crippen LogP contribution in [0.3, 0.4) is 0 Å². The van der Waals surface area contributed by atoms with Gasteiger partial charge in [0.1, 0.15) is 0 Å². The summed E-state index contributed by atoms with van der Waals surface area (Å²) in [5.41, 5.74) is 0. The lowest BCUT2D eigenvalue weighted by molar-refractivity contribution is -0.132. The van der Waals surface area contributed by atoms with E-state index in [1.807, 2.05) is 7.05 Å². The Morgan fingerprint density at radius 1 is 1.56 bits per heavy atom. The highest BCUT2D eigenvalue weighted by Gasteiger charge is 2.33. The number of hydrogen-bond donors (Lipinski definition) is 1. The molecule has 0 radical (unpaired) electrons. The molecule has 0 saturated carbocycles. The minimum Gasteiger partial charge on any atom is -0.335 e. The molecule has 1 atom stereocenters.